The molecule has 19 heavy (non-hydrogen) atoms. The molecule has 0 unspecified atom stereocenters. The number of methoxy groups -OCH3 is 2. The fourth-order valence-electron chi connectivity index (χ4n) is 1.13. The van der Waals surface area contributed by atoms with E-state index in [2.05, 4.69) is 27.5 Å². The third-order valence-electron chi connectivity index (χ3n) is 1.97. The Morgan fingerprint density at radius 3 is 2.42 bits per heavy atom. The van der Waals surface area contributed by atoms with E-state index in [9.17, 15) is 4.79 Å². The molecule has 0 aliphatic carbocycles. The molecule has 1 aromatic heterocycles. The molecule has 1 N–H and O–H groups in total. The lowest BCUT2D eigenvalue weighted by Gasteiger charge is -2.19. The lowest BCUT2D eigenvalue weighted by molar-refractivity contribution is 0.137. The van der Waals surface area contributed by atoms with Gasteiger partial charge < -0.3 is 14.3 Å². The third kappa shape index (κ3) is 4.21. The van der Waals surface area contributed by atoms with E-state index in [0.717, 1.165) is 5.49 Å². The molecule has 0 radical (unpaired) electrons. The summed E-state index contributed by atoms with van der Waals surface area (Å²) in [5, 5.41) is 3.39. The van der Waals surface area contributed by atoms with Crippen LogP contribution in [0, 0.1) is 0 Å². The molecule has 0 saturated heterocycles. The summed E-state index contributed by atoms with van der Waals surface area (Å²) in [6.45, 7) is 2.10. The Morgan fingerprint density at radius 1 is 1.42 bits per heavy atom. The molecule has 0 atom stereocenters. The van der Waals surface area contributed by atoms with Crippen molar-refractivity contribution in [2.45, 2.75) is 6.92 Å². The quantitative estimate of drug-likeness (QED) is 0.610. The maximum absolute atomic E-state index is 11.3. The Kier molecular flexibility index (Phi) is 5.73. The normalized spacial score (nSPS) is 9.42. The van der Waals surface area contributed by atoms with E-state index in [1.165, 1.54) is 25.3 Å². The van der Waals surface area contributed by atoms with Gasteiger partial charge in [0.1, 0.15) is 0 Å². The van der Waals surface area contributed by atoms with Crippen molar-refractivity contribution in [3.8, 4) is 11.8 Å². The molecule has 9 heteroatoms. The van der Waals surface area contributed by atoms with Crippen molar-refractivity contribution in [1.29, 1.82) is 0 Å². The molecular formula is C10H14N4O4S. The van der Waals surface area contributed by atoms with Gasteiger partial charge in [-0.25, -0.2) is 4.79 Å². The highest BCUT2D eigenvalue weighted by Crippen LogP contribution is 2.20. The first-order chi connectivity index (χ1) is 9.14. The van der Waals surface area contributed by atoms with Gasteiger partial charge in [-0.3, -0.25) is 5.32 Å². The van der Waals surface area contributed by atoms with Crippen LogP contribution in [0.15, 0.2) is 6.07 Å². The van der Waals surface area contributed by atoms with E-state index < -0.39 is 6.09 Å². The van der Waals surface area contributed by atoms with Crippen LogP contribution >= 0.6 is 12.2 Å². The summed E-state index contributed by atoms with van der Waals surface area (Å²) >= 11 is 4.49. The molecular weight excluding hydrogens is 272 g/mol. The number of carbonyl (C=O) groups excluding carboxylic acids is 1. The van der Waals surface area contributed by atoms with Gasteiger partial charge in [-0.2, -0.15) is 15.0 Å². The highest BCUT2D eigenvalue weighted by Gasteiger charge is 2.16. The monoisotopic (exact) mass is 286 g/mol. The van der Waals surface area contributed by atoms with Crippen molar-refractivity contribution in [3.05, 3.63) is 6.07 Å². The highest BCUT2D eigenvalue weighted by atomic mass is 32.1. The van der Waals surface area contributed by atoms with Crippen LogP contribution in [0.3, 0.4) is 0 Å². The molecule has 0 bridgehead atoms. The Bertz CT molecular complexity index is 435. The first-order valence-electron chi connectivity index (χ1n) is 5.31. The number of nitrogens with one attached hydrogen (secondary N) is 1. The number of amides is 1. The van der Waals surface area contributed by atoms with Crippen molar-refractivity contribution in [2.24, 2.45) is 0 Å². The van der Waals surface area contributed by atoms with Crippen LogP contribution in [0.2, 0.25) is 0 Å². The van der Waals surface area contributed by atoms with Crippen molar-refractivity contribution in [3.63, 3.8) is 0 Å². The predicted octanol–water partition coefficient (Wildman–Crippen LogP) is 0.918. The Hall–Kier alpha value is -2.16. The lowest BCUT2D eigenvalue weighted by atomic mass is 10.6. The van der Waals surface area contributed by atoms with Gasteiger partial charge in [0, 0.05) is 0 Å². The number of aromatic nitrogens is 2. The lowest BCUT2D eigenvalue weighted by Crippen LogP contribution is -2.34. The number of carbonyl (C=O) groups is 1. The summed E-state index contributed by atoms with van der Waals surface area (Å²) in [6.07, 6.45) is -0.734. The smallest absolute Gasteiger partial charge is 0.436 e. The van der Waals surface area contributed by atoms with Gasteiger partial charge in [0.25, 0.3) is 5.95 Å². The van der Waals surface area contributed by atoms with E-state index in [1.807, 2.05) is 0 Å². The summed E-state index contributed by atoms with van der Waals surface area (Å²) in [6, 6.07) is 1.51. The summed E-state index contributed by atoms with van der Waals surface area (Å²) in [7, 11) is 2.92. The van der Waals surface area contributed by atoms with Crippen molar-refractivity contribution in [2.75, 3.05) is 25.8 Å². The van der Waals surface area contributed by atoms with Crippen LogP contribution in [0.5, 0.6) is 11.8 Å². The van der Waals surface area contributed by atoms with Gasteiger partial charge >= 0.3 is 6.09 Å². The van der Waals surface area contributed by atoms with Gasteiger partial charge in [0.2, 0.25) is 11.8 Å². The summed E-state index contributed by atoms with van der Waals surface area (Å²) in [5.41, 5.74) is 1.04. The summed E-state index contributed by atoms with van der Waals surface area (Å²) in [5.74, 6) is 0.719. The van der Waals surface area contributed by atoms with Gasteiger partial charge in [-0.15, -0.1) is 0 Å². The summed E-state index contributed by atoms with van der Waals surface area (Å²) in [4.78, 5) is 24.4. The van der Waals surface area contributed by atoms with Gasteiger partial charge in [0.05, 0.1) is 32.3 Å². The molecule has 0 fully saturated rings. The second-order valence-corrected chi connectivity index (χ2v) is 3.32. The highest BCUT2D eigenvalue weighted by molar-refractivity contribution is 7.78. The number of thiocarbonyl (C=S) groups is 1. The van der Waals surface area contributed by atoms with Gasteiger partial charge in [-0.1, -0.05) is 12.2 Å². The molecule has 1 amide bonds. The number of hydrogen-bond acceptors (Lipinski definition) is 8. The zero-order valence-corrected chi connectivity index (χ0v) is 11.6. The van der Waals surface area contributed by atoms with Crippen molar-refractivity contribution >= 4 is 29.8 Å². The maximum atomic E-state index is 11.3. The van der Waals surface area contributed by atoms with Crippen LogP contribution in [0.4, 0.5) is 10.7 Å². The SMILES string of the molecule is CCN(OC(=O)NC=S)c1nc(OC)cc(OC)n1. The molecule has 0 aromatic carbocycles. The minimum absolute atomic E-state index is 0.137. The molecule has 0 aliphatic heterocycles. The van der Waals surface area contributed by atoms with E-state index in [4.69, 9.17) is 14.3 Å². The molecule has 0 saturated carbocycles. The topological polar surface area (TPSA) is 85.8 Å². The molecule has 104 valence electrons. The van der Waals surface area contributed by atoms with E-state index in [-0.39, 0.29) is 5.95 Å². The number of nitrogens with zero attached hydrogens (tertiary/aromatic N) is 3. The predicted molar refractivity (Wildman–Crippen MR) is 71.4 cm³/mol. The number of rotatable bonds is 6. The van der Waals surface area contributed by atoms with Crippen LogP contribution in [0.1, 0.15) is 6.92 Å². The van der Waals surface area contributed by atoms with E-state index in [0.29, 0.717) is 18.3 Å². The standard InChI is InChI=1S/C10H14N4O4S/c1-4-14(18-10(15)11-6-19)9-12-7(16-2)5-8(13-9)17-3/h5-6H,4H2,1-3H3,(H,11,15,19). The molecule has 0 aliphatic rings. The third-order valence-corrected chi connectivity index (χ3v) is 2.08. The molecule has 1 rings (SSSR count). The van der Waals surface area contributed by atoms with E-state index >= 15 is 0 Å². The Labute approximate surface area is 115 Å². The van der Waals surface area contributed by atoms with Crippen LogP contribution in [-0.4, -0.2) is 42.3 Å². The largest absolute Gasteiger partial charge is 0.481 e. The zero-order valence-electron chi connectivity index (χ0n) is 10.7. The fourth-order valence-corrected chi connectivity index (χ4v) is 1.23. The molecule has 0 spiro atoms. The second kappa shape index (κ2) is 7.31. The second-order valence-electron chi connectivity index (χ2n) is 3.09. The number of hydrogen-bond donors (Lipinski definition) is 1. The van der Waals surface area contributed by atoms with Crippen molar-refractivity contribution in [1.82, 2.24) is 15.3 Å². The molecule has 1 heterocycles. The zero-order chi connectivity index (χ0) is 14.3. The maximum Gasteiger partial charge on any atom is 0.436 e. The van der Waals surface area contributed by atoms with Crippen LogP contribution in [0.25, 0.3) is 0 Å². The summed E-state index contributed by atoms with van der Waals surface area (Å²) < 4.78 is 10.0. The fraction of sp³-hybridized carbons (Fsp3) is 0.400. The average Bonchev–Trinajstić information content (AvgIpc) is 2.44. The Morgan fingerprint density at radius 2 is 2.00 bits per heavy atom. The molecule has 8 nitrogen and oxygen atoms in total. The van der Waals surface area contributed by atoms with Crippen LogP contribution < -0.4 is 19.9 Å². The first-order valence-corrected chi connectivity index (χ1v) is 5.78. The average molecular weight is 286 g/mol. The Balaban J connectivity index is 2.96. The van der Waals surface area contributed by atoms with Gasteiger partial charge in [0.15, 0.2) is 0 Å². The minimum atomic E-state index is -0.734. The van der Waals surface area contributed by atoms with Crippen molar-refractivity contribution < 1.29 is 19.1 Å². The number of ether oxygens (including phenoxy) is 2. The molecule has 1 aromatic rings. The van der Waals surface area contributed by atoms with Gasteiger partial charge in [-0.05, 0) is 6.92 Å². The van der Waals surface area contributed by atoms with Crippen LogP contribution in [-0.2, 0) is 4.84 Å². The number of anilines is 1. The number of hydroxylamine groups is 1. The van der Waals surface area contributed by atoms with E-state index in [1.54, 1.807) is 6.92 Å². The minimum Gasteiger partial charge on any atom is -0.481 e. The first kappa shape index (κ1) is 14.9.